The molecule has 1 aromatic carbocycles. The van der Waals surface area contributed by atoms with E-state index in [0.29, 0.717) is 11.1 Å². The van der Waals surface area contributed by atoms with Crippen LogP contribution < -0.4 is 4.72 Å². The Balaban J connectivity index is 3.01. The molecule has 1 unspecified atom stereocenters. The van der Waals surface area contributed by atoms with Gasteiger partial charge in [0.15, 0.2) is 0 Å². The summed E-state index contributed by atoms with van der Waals surface area (Å²) in [5.41, 5.74) is 0.281. The quantitative estimate of drug-likeness (QED) is 0.839. The normalized spacial score (nSPS) is 13.9. The number of nitrogens with zero attached hydrogens (tertiary/aromatic N) is 1. The van der Waals surface area contributed by atoms with Crippen molar-refractivity contribution in [3.05, 3.63) is 29.3 Å². The first-order chi connectivity index (χ1) is 10.0. The Hall–Kier alpha value is -1.42. The zero-order chi connectivity index (χ0) is 17.1. The van der Waals surface area contributed by atoms with Gasteiger partial charge in [-0.15, -0.1) is 0 Å². The number of nitrogens with one attached hydrogen (secondary N) is 1. The summed E-state index contributed by atoms with van der Waals surface area (Å²) < 4.78 is 27.5. The van der Waals surface area contributed by atoms with E-state index < -0.39 is 21.5 Å². The second kappa shape index (κ2) is 6.78. The van der Waals surface area contributed by atoms with E-state index in [4.69, 9.17) is 5.26 Å². The minimum Gasteiger partial charge on any atom is -0.392 e. The standard InChI is InChI=1S/C16H24N2O3S/c1-11(2)15(19)16(4,5)10-18-22(20,21)14-8-13(9-17)7-6-12(14)3/h6-8,11,15,18-19H,10H2,1-5H3. The van der Waals surface area contributed by atoms with Gasteiger partial charge in [-0.2, -0.15) is 5.26 Å². The summed E-state index contributed by atoms with van der Waals surface area (Å²) in [6.45, 7) is 9.22. The van der Waals surface area contributed by atoms with Gasteiger partial charge in [-0.25, -0.2) is 13.1 Å². The van der Waals surface area contributed by atoms with E-state index in [1.54, 1.807) is 19.1 Å². The van der Waals surface area contributed by atoms with Gasteiger partial charge in [-0.1, -0.05) is 33.8 Å². The van der Waals surface area contributed by atoms with Crippen LogP contribution in [0.25, 0.3) is 0 Å². The Labute approximate surface area is 133 Å². The maximum Gasteiger partial charge on any atom is 0.240 e. The molecule has 0 fully saturated rings. The van der Waals surface area contributed by atoms with Crippen LogP contribution in [0.1, 0.15) is 38.8 Å². The third-order valence-electron chi connectivity index (χ3n) is 3.76. The first kappa shape index (κ1) is 18.6. The molecule has 0 aromatic heterocycles. The third kappa shape index (κ3) is 4.29. The number of aliphatic hydroxyl groups excluding tert-OH is 1. The largest absolute Gasteiger partial charge is 0.392 e. The Morgan fingerprint density at radius 2 is 1.95 bits per heavy atom. The first-order valence-corrected chi connectivity index (χ1v) is 8.68. The molecule has 2 N–H and O–H groups in total. The smallest absolute Gasteiger partial charge is 0.240 e. The molecule has 1 aromatic rings. The fourth-order valence-electron chi connectivity index (χ4n) is 2.32. The van der Waals surface area contributed by atoms with Crippen molar-refractivity contribution in [2.24, 2.45) is 11.3 Å². The fourth-order valence-corrected chi connectivity index (χ4v) is 3.82. The minimum atomic E-state index is -3.73. The van der Waals surface area contributed by atoms with Crippen molar-refractivity contribution in [1.82, 2.24) is 4.72 Å². The highest BCUT2D eigenvalue weighted by molar-refractivity contribution is 7.89. The molecular weight excluding hydrogens is 300 g/mol. The van der Waals surface area contributed by atoms with Crippen LogP contribution in [-0.2, 0) is 10.0 Å². The van der Waals surface area contributed by atoms with Crippen molar-refractivity contribution >= 4 is 10.0 Å². The minimum absolute atomic E-state index is 0.0307. The first-order valence-electron chi connectivity index (χ1n) is 7.20. The van der Waals surface area contributed by atoms with Crippen LogP contribution in [0, 0.1) is 29.6 Å². The molecule has 0 spiro atoms. The molecule has 122 valence electrons. The summed E-state index contributed by atoms with van der Waals surface area (Å²) >= 11 is 0. The molecule has 0 amide bonds. The lowest BCUT2D eigenvalue weighted by atomic mass is 9.81. The van der Waals surface area contributed by atoms with Gasteiger partial charge in [0.25, 0.3) is 0 Å². The number of hydrogen-bond donors (Lipinski definition) is 2. The van der Waals surface area contributed by atoms with Crippen LogP contribution in [0.4, 0.5) is 0 Å². The van der Waals surface area contributed by atoms with Gasteiger partial charge >= 0.3 is 0 Å². The van der Waals surface area contributed by atoms with Gasteiger partial charge in [0, 0.05) is 12.0 Å². The number of aliphatic hydroxyl groups is 1. The Morgan fingerprint density at radius 3 is 2.45 bits per heavy atom. The summed E-state index contributed by atoms with van der Waals surface area (Å²) in [5, 5.41) is 19.1. The van der Waals surface area contributed by atoms with Crippen LogP contribution in [-0.4, -0.2) is 26.2 Å². The predicted molar refractivity (Wildman–Crippen MR) is 85.7 cm³/mol. The summed E-state index contributed by atoms with van der Waals surface area (Å²) in [5.74, 6) is 0.0307. The molecule has 0 saturated heterocycles. The van der Waals surface area contributed by atoms with Crippen molar-refractivity contribution in [3.8, 4) is 6.07 Å². The summed E-state index contributed by atoms with van der Waals surface area (Å²) in [6.07, 6.45) is -0.623. The van der Waals surface area contributed by atoms with E-state index in [1.807, 2.05) is 33.8 Å². The SMILES string of the molecule is Cc1ccc(C#N)cc1S(=O)(=O)NCC(C)(C)C(O)C(C)C. The highest BCUT2D eigenvalue weighted by atomic mass is 32.2. The third-order valence-corrected chi connectivity index (χ3v) is 5.30. The fraction of sp³-hybridized carbons (Fsp3) is 0.562. The van der Waals surface area contributed by atoms with E-state index >= 15 is 0 Å². The van der Waals surface area contributed by atoms with Crippen molar-refractivity contribution in [3.63, 3.8) is 0 Å². The van der Waals surface area contributed by atoms with E-state index in [1.165, 1.54) is 6.07 Å². The second-order valence-electron chi connectivity index (χ2n) is 6.59. The summed E-state index contributed by atoms with van der Waals surface area (Å²) in [7, 11) is -3.73. The van der Waals surface area contributed by atoms with Crippen LogP contribution in [0.15, 0.2) is 23.1 Å². The van der Waals surface area contributed by atoms with Gasteiger partial charge in [-0.05, 0) is 30.5 Å². The Bertz CT molecular complexity index is 673. The maximum atomic E-state index is 12.5. The van der Waals surface area contributed by atoms with Gasteiger partial charge in [0.2, 0.25) is 10.0 Å². The lowest BCUT2D eigenvalue weighted by Gasteiger charge is -2.33. The van der Waals surface area contributed by atoms with Crippen LogP contribution in [0.5, 0.6) is 0 Å². The van der Waals surface area contributed by atoms with Crippen molar-refractivity contribution in [2.45, 2.75) is 45.6 Å². The molecule has 0 aliphatic carbocycles. The number of rotatable bonds is 6. The van der Waals surface area contributed by atoms with Gasteiger partial charge in [0.1, 0.15) is 0 Å². The molecule has 6 heteroatoms. The lowest BCUT2D eigenvalue weighted by molar-refractivity contribution is 0.0166. The van der Waals surface area contributed by atoms with E-state index in [-0.39, 0.29) is 17.4 Å². The van der Waals surface area contributed by atoms with Crippen molar-refractivity contribution in [2.75, 3.05) is 6.54 Å². The molecule has 1 atom stereocenters. The molecule has 22 heavy (non-hydrogen) atoms. The van der Waals surface area contributed by atoms with Crippen LogP contribution >= 0.6 is 0 Å². The lowest BCUT2D eigenvalue weighted by Crippen LogP contribution is -2.43. The second-order valence-corrected chi connectivity index (χ2v) is 8.33. The highest BCUT2D eigenvalue weighted by Crippen LogP contribution is 2.26. The number of nitriles is 1. The van der Waals surface area contributed by atoms with Gasteiger partial charge in [-0.3, -0.25) is 0 Å². The van der Waals surface area contributed by atoms with Gasteiger partial charge < -0.3 is 5.11 Å². The zero-order valence-electron chi connectivity index (χ0n) is 13.7. The molecule has 0 bridgehead atoms. The van der Waals surface area contributed by atoms with Gasteiger partial charge in [0.05, 0.1) is 22.6 Å². The van der Waals surface area contributed by atoms with E-state index in [0.717, 1.165) is 0 Å². The Kier molecular flexibility index (Phi) is 5.74. The predicted octanol–water partition coefficient (Wildman–Crippen LogP) is 2.19. The maximum absolute atomic E-state index is 12.5. The molecule has 0 aliphatic rings. The van der Waals surface area contributed by atoms with Crippen LogP contribution in [0.2, 0.25) is 0 Å². The molecule has 0 radical (unpaired) electrons. The Morgan fingerprint density at radius 1 is 1.36 bits per heavy atom. The average Bonchev–Trinajstić information content (AvgIpc) is 2.44. The molecule has 0 heterocycles. The van der Waals surface area contributed by atoms with Crippen molar-refractivity contribution < 1.29 is 13.5 Å². The monoisotopic (exact) mass is 324 g/mol. The summed E-state index contributed by atoms with van der Waals surface area (Å²) in [4.78, 5) is 0.0985. The zero-order valence-corrected chi connectivity index (χ0v) is 14.5. The average molecular weight is 324 g/mol. The molecule has 0 saturated carbocycles. The topological polar surface area (TPSA) is 90.2 Å². The molecular formula is C16H24N2O3S. The number of hydrogen-bond acceptors (Lipinski definition) is 4. The van der Waals surface area contributed by atoms with Crippen LogP contribution in [0.3, 0.4) is 0 Å². The van der Waals surface area contributed by atoms with E-state index in [2.05, 4.69) is 4.72 Å². The summed E-state index contributed by atoms with van der Waals surface area (Å²) in [6, 6.07) is 6.50. The molecule has 0 aliphatic heterocycles. The number of sulfonamides is 1. The molecule has 5 nitrogen and oxygen atoms in total. The number of aryl methyl sites for hydroxylation is 1. The highest BCUT2D eigenvalue weighted by Gasteiger charge is 2.32. The van der Waals surface area contributed by atoms with Crippen molar-refractivity contribution in [1.29, 1.82) is 5.26 Å². The van der Waals surface area contributed by atoms with E-state index in [9.17, 15) is 13.5 Å². The number of benzene rings is 1. The molecule has 1 rings (SSSR count).